The van der Waals surface area contributed by atoms with Gasteiger partial charge in [0.1, 0.15) is 56.2 Å². The number of hydrogen-bond donors (Lipinski definition) is 3. The SMILES string of the molecule is BrCCOC1CCCCO1.CC(C)(C)OC(=O)N1CCC(N(CCOC2CCCCO2)c2ccc3cnc(Cl)cc3n2)CC1.CC(C)(C)OC(=O)N1CCC(N(CCOC2CCCCO2)c2ccc3cnc(Nc4ccc(-n5ccc(CO)n5)cc4F)cc3n2)CC1.CC(C)(C)OC(=O)N1CCC(Nc2ccc3cnc(Cl)cc3n2)CC1. The monoisotopic (exact) mass is 1720 g/mol. The lowest BCUT2D eigenvalue weighted by Gasteiger charge is -2.39. The average Bonchev–Trinajstić information content (AvgIpc) is 1.52. The predicted molar refractivity (Wildman–Crippen MR) is 455 cm³/mol. The number of pyridine rings is 6. The van der Waals surface area contributed by atoms with Crippen LogP contribution in [0, 0.1) is 5.82 Å². The van der Waals surface area contributed by atoms with Crippen LogP contribution in [0.25, 0.3) is 38.4 Å². The van der Waals surface area contributed by atoms with Gasteiger partial charge in [-0.1, -0.05) is 39.1 Å². The van der Waals surface area contributed by atoms with Gasteiger partial charge >= 0.3 is 18.3 Å². The highest BCUT2D eigenvalue weighted by molar-refractivity contribution is 9.09. The molecule has 3 atom stereocenters. The minimum Gasteiger partial charge on any atom is -0.444 e. The van der Waals surface area contributed by atoms with E-state index in [-0.39, 0.29) is 67.6 Å². The number of anilines is 5. The Kier molecular flexibility index (Phi) is 33.1. The molecule has 6 saturated heterocycles. The summed E-state index contributed by atoms with van der Waals surface area (Å²) in [5.74, 6) is 2.46. The third-order valence-corrected chi connectivity index (χ3v) is 20.9. The van der Waals surface area contributed by atoms with E-state index in [4.69, 9.17) is 75.8 Å². The van der Waals surface area contributed by atoms with Gasteiger partial charge in [0, 0.05) is 161 Å². The summed E-state index contributed by atoms with van der Waals surface area (Å²) in [6.45, 7) is 26.0. The Balaban J connectivity index is 0.000000169. The number of alkyl halides is 1. The fraction of sp³-hybridized carbons (Fsp3) is 0.576. The van der Waals surface area contributed by atoms with Crippen molar-refractivity contribution >= 4 is 119 Å². The number of piperidine rings is 3. The van der Waals surface area contributed by atoms with Gasteiger partial charge in [0.15, 0.2) is 18.9 Å². The maximum atomic E-state index is 15.2. The number of nitrogens with one attached hydrogen (secondary N) is 2. The third kappa shape index (κ3) is 28.2. The second-order valence-corrected chi connectivity index (χ2v) is 34.3. The molecular weight excluding hydrogens is 1610 g/mol. The first-order valence-electron chi connectivity index (χ1n) is 41.0. The molecule has 1 aromatic carbocycles. The molecule has 0 radical (unpaired) electrons. The zero-order valence-corrected chi connectivity index (χ0v) is 72.0. The summed E-state index contributed by atoms with van der Waals surface area (Å²) < 4.78 is 67.6. The van der Waals surface area contributed by atoms with Gasteiger partial charge in [0.2, 0.25) is 0 Å². The highest BCUT2D eigenvalue weighted by Gasteiger charge is 2.34. The highest BCUT2D eigenvalue weighted by atomic mass is 79.9. The molecule has 14 rings (SSSR count). The molecule has 0 aliphatic carbocycles. The number of amides is 3. The van der Waals surface area contributed by atoms with Crippen molar-refractivity contribution in [3.63, 3.8) is 0 Å². The third-order valence-electron chi connectivity index (χ3n) is 20.2. The van der Waals surface area contributed by atoms with E-state index in [0.717, 1.165) is 160 Å². The number of likely N-dealkylation sites (tertiary alicyclic amines) is 3. The minimum absolute atomic E-state index is 0.0753. The van der Waals surface area contributed by atoms with Gasteiger partial charge in [0.25, 0.3) is 0 Å². The molecule has 6 aliphatic heterocycles. The molecule has 6 fully saturated rings. The molecule has 32 heteroatoms. The van der Waals surface area contributed by atoms with Crippen LogP contribution in [0.5, 0.6) is 0 Å². The lowest BCUT2D eigenvalue weighted by atomic mass is 10.0. The second kappa shape index (κ2) is 43.2. The van der Waals surface area contributed by atoms with Crippen LogP contribution in [0.3, 0.4) is 0 Å². The fourth-order valence-electron chi connectivity index (χ4n) is 14.3. The average molecular weight is 1720 g/mol. The number of ether oxygens (including phenoxy) is 9. The predicted octanol–water partition coefficient (Wildman–Crippen LogP) is 17.0. The van der Waals surface area contributed by atoms with Gasteiger partial charge in [-0.25, -0.2) is 53.4 Å². The smallest absolute Gasteiger partial charge is 0.410 e. The quantitative estimate of drug-likeness (QED) is 0.0342. The lowest BCUT2D eigenvalue weighted by molar-refractivity contribution is -0.160. The fourth-order valence-corrected chi connectivity index (χ4v) is 14.8. The Labute approximate surface area is 703 Å². The Morgan fingerprint density at radius 3 is 1.39 bits per heavy atom. The first-order chi connectivity index (χ1) is 56.2. The van der Waals surface area contributed by atoms with Crippen molar-refractivity contribution in [2.24, 2.45) is 0 Å². The molecule has 117 heavy (non-hydrogen) atoms. The Morgan fingerprint density at radius 2 is 0.966 bits per heavy atom. The van der Waals surface area contributed by atoms with Crippen LogP contribution in [0.1, 0.15) is 164 Å². The van der Waals surface area contributed by atoms with Gasteiger partial charge in [0.05, 0.1) is 60.0 Å². The van der Waals surface area contributed by atoms with Crippen LogP contribution in [0.15, 0.2) is 104 Å². The van der Waals surface area contributed by atoms with Crippen molar-refractivity contribution in [2.75, 3.05) is 118 Å². The number of aliphatic hydroxyl groups is 1. The number of halogens is 4. The number of aromatic nitrogens is 8. The Hall–Kier alpha value is -8.17. The maximum Gasteiger partial charge on any atom is 0.410 e. The van der Waals surface area contributed by atoms with Crippen LogP contribution >= 0.6 is 39.1 Å². The molecule has 7 aromatic heterocycles. The summed E-state index contributed by atoms with van der Waals surface area (Å²) in [5, 5.41) is 24.6. The largest absolute Gasteiger partial charge is 0.444 e. The van der Waals surface area contributed by atoms with Crippen molar-refractivity contribution < 1.29 is 66.5 Å². The van der Waals surface area contributed by atoms with Gasteiger partial charge in [-0.15, -0.1) is 0 Å². The molecule has 6 aliphatic rings. The van der Waals surface area contributed by atoms with E-state index < -0.39 is 22.6 Å². The van der Waals surface area contributed by atoms with E-state index in [2.05, 4.69) is 61.4 Å². The van der Waals surface area contributed by atoms with E-state index >= 15 is 4.39 Å². The first kappa shape index (κ1) is 89.6. The van der Waals surface area contributed by atoms with E-state index in [1.807, 2.05) is 105 Å². The van der Waals surface area contributed by atoms with E-state index in [1.54, 1.807) is 69.8 Å². The number of nitrogens with zero attached hydrogens (tertiary/aromatic N) is 13. The summed E-state index contributed by atoms with van der Waals surface area (Å²) in [5.41, 5.74) is 2.13. The molecule has 8 aromatic rings. The van der Waals surface area contributed by atoms with Crippen molar-refractivity contribution in [3.05, 3.63) is 125 Å². The molecule has 3 amide bonds. The van der Waals surface area contributed by atoms with Crippen LogP contribution in [-0.4, -0.2) is 229 Å². The van der Waals surface area contributed by atoms with Crippen molar-refractivity contribution in [1.82, 2.24) is 54.4 Å². The summed E-state index contributed by atoms with van der Waals surface area (Å²) in [4.78, 5) is 74.5. The number of hydrogen-bond acceptors (Lipinski definition) is 24. The molecule has 3 N–H and O–H groups in total. The van der Waals surface area contributed by atoms with Gasteiger partial charge in [-0.3, -0.25) is 0 Å². The Bertz CT molecular complexity index is 4480. The van der Waals surface area contributed by atoms with Crippen LogP contribution in [0.2, 0.25) is 10.3 Å². The maximum absolute atomic E-state index is 15.2. The molecule has 0 saturated carbocycles. The molecule has 0 spiro atoms. The number of aliphatic hydroxyl groups excluding tert-OH is 1. The van der Waals surface area contributed by atoms with Crippen molar-refractivity contribution in [1.29, 1.82) is 0 Å². The molecule has 13 heterocycles. The van der Waals surface area contributed by atoms with Crippen LogP contribution in [0.4, 0.5) is 47.7 Å². The molecule has 3 unspecified atom stereocenters. The number of carbonyl (C=O) groups excluding carboxylic acids is 3. The first-order valence-corrected chi connectivity index (χ1v) is 42.9. The topological polar surface area (TPSA) is 290 Å². The highest BCUT2D eigenvalue weighted by Crippen LogP contribution is 2.32. The number of fused-ring (bicyclic) bond motifs is 3. The number of rotatable bonds is 21. The zero-order valence-electron chi connectivity index (χ0n) is 68.9. The second-order valence-electron chi connectivity index (χ2n) is 32.8. The van der Waals surface area contributed by atoms with E-state index in [1.165, 1.54) is 23.6 Å². The zero-order chi connectivity index (χ0) is 83.1. The Morgan fingerprint density at radius 1 is 0.530 bits per heavy atom. The normalized spacial score (nSPS) is 18.6. The van der Waals surface area contributed by atoms with Crippen molar-refractivity contribution in [3.8, 4) is 5.69 Å². The van der Waals surface area contributed by atoms with E-state index in [0.29, 0.717) is 98.6 Å². The summed E-state index contributed by atoms with van der Waals surface area (Å²) in [7, 11) is 0. The standard InChI is InChI=1S/C35H44FN7O5.C25H35ClN4O4.C18H23ClN4O2.C7H13BrO2/c1-35(2,3)48-34(45)41-14-12-26(13-15-41)42(17-19-47-33-6-4-5-18-46-33)32-10-7-24-22-37-31(21-30(24)39-32)38-29-9-8-27(20-28(29)36)43-16-11-25(23-44)40-43;1-25(2,3)34-24(31)29-11-9-19(10-12-29)30(13-15-33-23-6-4-5-14-32-23)22-8-7-18-17-27-21(26)16-20(18)28-22;1-18(2,3)25-17(24)23-8-6-13(7-9-23)21-16-5-4-12-11-20-15(19)10-14(12)22-16;8-4-6-10-7-3-1-2-5-9-7/h7-11,16,20-22,26,33,44H,4-6,12-15,17-19,23H2,1-3H3,(H,37,38);7-8,16-17,19,23H,4-6,9-15H2,1-3H3;4-5,10-11,13H,6-9H2,1-3H3,(H,21,22);7H,1-6H2. The van der Waals surface area contributed by atoms with Gasteiger partial charge in [-0.05, 0) is 213 Å². The molecular formula is C85H115BrCl2FN15O13. The minimum atomic E-state index is -0.545. The molecule has 636 valence electrons. The number of carbonyl (C=O) groups is 3. The molecule has 28 nitrogen and oxygen atoms in total. The van der Waals surface area contributed by atoms with Crippen molar-refractivity contribution in [2.45, 2.75) is 219 Å². The summed E-state index contributed by atoms with van der Waals surface area (Å²) in [6.07, 6.45) is 20.4. The lowest BCUT2D eigenvalue weighted by Crippen LogP contribution is -2.49. The summed E-state index contributed by atoms with van der Waals surface area (Å²) >= 11 is 15.3. The number of benzene rings is 1. The van der Waals surface area contributed by atoms with Crippen LogP contribution < -0.4 is 20.4 Å². The van der Waals surface area contributed by atoms with Gasteiger partial charge < -0.3 is 82.9 Å². The summed E-state index contributed by atoms with van der Waals surface area (Å²) in [6, 6.07) is 24.4. The van der Waals surface area contributed by atoms with Gasteiger partial charge in [-0.2, -0.15) is 5.10 Å². The van der Waals surface area contributed by atoms with E-state index in [9.17, 15) is 19.5 Å². The van der Waals surface area contributed by atoms with Crippen LogP contribution in [-0.2, 0) is 49.2 Å². The molecule has 0 bridgehead atoms.